The van der Waals surface area contributed by atoms with Crippen molar-refractivity contribution in [2.75, 3.05) is 7.05 Å². The van der Waals surface area contributed by atoms with Crippen LogP contribution in [-0.2, 0) is 11.3 Å². The molecule has 2 rings (SSSR count). The molecule has 1 fully saturated rings. The largest absolute Gasteiger partial charge is 0.345 e. The fraction of sp³-hybridized carbons (Fsp3) is 0.455. The van der Waals surface area contributed by atoms with Crippen LogP contribution < -0.4 is 5.43 Å². The first kappa shape index (κ1) is 9.96. The Morgan fingerprint density at radius 2 is 2.07 bits per heavy atom. The molecule has 0 atom stereocenters. The maximum Gasteiger partial charge on any atom is 0.242 e. The lowest BCUT2D eigenvalue weighted by atomic mass is 10.4. The Morgan fingerprint density at radius 3 is 2.60 bits per heavy atom. The lowest BCUT2D eigenvalue weighted by Crippen LogP contribution is -2.32. The molecule has 1 amide bonds. The van der Waals surface area contributed by atoms with Gasteiger partial charge in [0.1, 0.15) is 6.54 Å². The minimum atomic E-state index is -0.0331. The van der Waals surface area contributed by atoms with Gasteiger partial charge in [0.15, 0.2) is 5.43 Å². The number of hydrogen-bond acceptors (Lipinski definition) is 2. The highest BCUT2D eigenvalue weighted by molar-refractivity contribution is 5.76. The molecule has 15 heavy (non-hydrogen) atoms. The van der Waals surface area contributed by atoms with Crippen LogP contribution >= 0.6 is 0 Å². The molecule has 0 bridgehead atoms. The number of aromatic nitrogens is 1. The summed E-state index contributed by atoms with van der Waals surface area (Å²) in [5.41, 5.74) is -0.0331. The Kier molecular flexibility index (Phi) is 2.58. The van der Waals surface area contributed by atoms with E-state index in [0.29, 0.717) is 12.6 Å². The Morgan fingerprint density at radius 1 is 1.47 bits per heavy atom. The van der Waals surface area contributed by atoms with E-state index in [1.54, 1.807) is 21.9 Å². The van der Waals surface area contributed by atoms with Crippen LogP contribution in [0.4, 0.5) is 0 Å². The predicted octanol–water partition coefficient (Wildman–Crippen LogP) is 0.469. The van der Waals surface area contributed by atoms with Crippen LogP contribution in [0.2, 0.25) is 0 Å². The summed E-state index contributed by atoms with van der Waals surface area (Å²) in [5, 5.41) is 0. The van der Waals surface area contributed by atoms with Gasteiger partial charge in [-0.15, -0.1) is 0 Å². The fourth-order valence-corrected chi connectivity index (χ4v) is 1.48. The van der Waals surface area contributed by atoms with E-state index in [0.717, 1.165) is 12.8 Å². The molecule has 1 aliphatic carbocycles. The van der Waals surface area contributed by atoms with E-state index in [9.17, 15) is 9.59 Å². The van der Waals surface area contributed by atoms with Crippen LogP contribution in [0.5, 0.6) is 0 Å². The maximum atomic E-state index is 11.7. The van der Waals surface area contributed by atoms with Crippen molar-refractivity contribution in [1.29, 1.82) is 0 Å². The van der Waals surface area contributed by atoms with Gasteiger partial charge in [0.05, 0.1) is 0 Å². The first-order valence-electron chi connectivity index (χ1n) is 5.08. The van der Waals surface area contributed by atoms with E-state index < -0.39 is 0 Å². The average molecular weight is 206 g/mol. The second kappa shape index (κ2) is 3.88. The van der Waals surface area contributed by atoms with Crippen molar-refractivity contribution >= 4 is 5.91 Å². The van der Waals surface area contributed by atoms with Crippen molar-refractivity contribution in [2.24, 2.45) is 0 Å². The number of amides is 1. The van der Waals surface area contributed by atoms with Crippen molar-refractivity contribution in [3.63, 3.8) is 0 Å². The van der Waals surface area contributed by atoms with Gasteiger partial charge < -0.3 is 9.47 Å². The molecule has 1 aliphatic rings. The van der Waals surface area contributed by atoms with Crippen LogP contribution in [0.3, 0.4) is 0 Å². The SMILES string of the molecule is CN(C(=O)Cn1ccc(=O)cc1)C1CC1. The van der Waals surface area contributed by atoms with Gasteiger partial charge in [0, 0.05) is 37.6 Å². The Labute approximate surface area is 88.1 Å². The van der Waals surface area contributed by atoms with Crippen molar-refractivity contribution in [1.82, 2.24) is 9.47 Å². The first-order valence-corrected chi connectivity index (χ1v) is 5.08. The van der Waals surface area contributed by atoms with Gasteiger partial charge in [-0.2, -0.15) is 0 Å². The van der Waals surface area contributed by atoms with Crippen LogP contribution in [0.25, 0.3) is 0 Å². The van der Waals surface area contributed by atoms with E-state index in [4.69, 9.17) is 0 Å². The predicted molar refractivity (Wildman–Crippen MR) is 56.5 cm³/mol. The van der Waals surface area contributed by atoms with Crippen molar-refractivity contribution in [3.8, 4) is 0 Å². The molecule has 1 aromatic heterocycles. The van der Waals surface area contributed by atoms with E-state index in [1.807, 2.05) is 7.05 Å². The third-order valence-electron chi connectivity index (χ3n) is 2.67. The molecule has 0 radical (unpaired) electrons. The number of likely N-dealkylation sites (N-methyl/N-ethyl adjacent to an activating group) is 1. The van der Waals surface area contributed by atoms with Gasteiger partial charge in [-0.25, -0.2) is 0 Å². The molecule has 1 aromatic rings. The molecule has 4 nitrogen and oxygen atoms in total. The van der Waals surface area contributed by atoms with Gasteiger partial charge in [0.2, 0.25) is 5.91 Å². The number of nitrogens with zero attached hydrogens (tertiary/aromatic N) is 2. The van der Waals surface area contributed by atoms with E-state index >= 15 is 0 Å². The van der Waals surface area contributed by atoms with Crippen LogP contribution in [-0.4, -0.2) is 28.5 Å². The summed E-state index contributed by atoms with van der Waals surface area (Å²) in [6, 6.07) is 3.37. The summed E-state index contributed by atoms with van der Waals surface area (Å²) in [7, 11) is 1.84. The Hall–Kier alpha value is -1.58. The highest BCUT2D eigenvalue weighted by Crippen LogP contribution is 2.25. The third-order valence-corrected chi connectivity index (χ3v) is 2.67. The number of pyridine rings is 1. The van der Waals surface area contributed by atoms with Crippen molar-refractivity contribution in [3.05, 3.63) is 34.7 Å². The van der Waals surface area contributed by atoms with E-state index in [-0.39, 0.29) is 11.3 Å². The monoisotopic (exact) mass is 206 g/mol. The van der Waals surface area contributed by atoms with E-state index in [2.05, 4.69) is 0 Å². The van der Waals surface area contributed by atoms with Gasteiger partial charge >= 0.3 is 0 Å². The summed E-state index contributed by atoms with van der Waals surface area (Å²) in [4.78, 5) is 24.3. The molecule has 0 saturated heterocycles. The molecular formula is C11H14N2O2. The number of carbonyl (C=O) groups excluding carboxylic acids is 1. The van der Waals surface area contributed by atoms with Crippen molar-refractivity contribution < 1.29 is 4.79 Å². The van der Waals surface area contributed by atoms with E-state index in [1.165, 1.54) is 12.1 Å². The highest BCUT2D eigenvalue weighted by atomic mass is 16.2. The van der Waals surface area contributed by atoms with Gasteiger partial charge in [-0.1, -0.05) is 0 Å². The molecule has 0 aromatic carbocycles. The number of hydrogen-bond donors (Lipinski definition) is 0. The molecule has 0 unspecified atom stereocenters. The summed E-state index contributed by atoms with van der Waals surface area (Å²) < 4.78 is 1.72. The summed E-state index contributed by atoms with van der Waals surface area (Å²) in [6.07, 6.45) is 5.51. The van der Waals surface area contributed by atoms with Crippen LogP contribution in [0.15, 0.2) is 29.3 Å². The molecule has 4 heteroatoms. The standard InChI is InChI=1S/C11H14N2O2/c1-12(9-2-3-9)11(15)8-13-6-4-10(14)5-7-13/h4-7,9H,2-3,8H2,1H3. The topological polar surface area (TPSA) is 42.3 Å². The molecule has 1 saturated carbocycles. The number of rotatable bonds is 3. The quantitative estimate of drug-likeness (QED) is 0.721. The smallest absolute Gasteiger partial charge is 0.242 e. The lowest BCUT2D eigenvalue weighted by Gasteiger charge is -2.16. The van der Waals surface area contributed by atoms with Crippen LogP contribution in [0, 0.1) is 0 Å². The van der Waals surface area contributed by atoms with Crippen LogP contribution in [0.1, 0.15) is 12.8 Å². The molecular weight excluding hydrogens is 192 g/mol. The summed E-state index contributed by atoms with van der Waals surface area (Å²) in [6.45, 7) is 0.313. The Balaban J connectivity index is 1.98. The van der Waals surface area contributed by atoms with Gasteiger partial charge in [0.25, 0.3) is 0 Å². The third kappa shape index (κ3) is 2.46. The van der Waals surface area contributed by atoms with Gasteiger partial charge in [-0.3, -0.25) is 9.59 Å². The first-order chi connectivity index (χ1) is 7.16. The fourth-order valence-electron chi connectivity index (χ4n) is 1.48. The number of carbonyl (C=O) groups is 1. The summed E-state index contributed by atoms with van der Waals surface area (Å²) >= 11 is 0. The second-order valence-corrected chi connectivity index (χ2v) is 3.94. The maximum absolute atomic E-state index is 11.7. The molecule has 80 valence electrons. The molecule has 1 heterocycles. The second-order valence-electron chi connectivity index (χ2n) is 3.94. The molecule has 0 N–H and O–H groups in total. The highest BCUT2D eigenvalue weighted by Gasteiger charge is 2.29. The summed E-state index contributed by atoms with van der Waals surface area (Å²) in [5.74, 6) is 0.0983. The average Bonchev–Trinajstić information content (AvgIpc) is 3.04. The van der Waals surface area contributed by atoms with Crippen molar-refractivity contribution in [2.45, 2.75) is 25.4 Å². The molecule has 0 spiro atoms. The lowest BCUT2D eigenvalue weighted by molar-refractivity contribution is -0.131. The minimum absolute atomic E-state index is 0.0331. The molecule has 0 aliphatic heterocycles. The normalized spacial score (nSPS) is 15.0. The minimum Gasteiger partial charge on any atom is -0.345 e. The Bertz CT molecular complexity index is 400. The van der Waals surface area contributed by atoms with Gasteiger partial charge in [-0.05, 0) is 12.8 Å². The zero-order chi connectivity index (χ0) is 10.8. The zero-order valence-corrected chi connectivity index (χ0v) is 8.72. The zero-order valence-electron chi connectivity index (χ0n) is 8.72.